The molecule has 0 saturated carbocycles. The topological polar surface area (TPSA) is 48.5 Å². The molecule has 0 atom stereocenters. The molecule has 0 aliphatic carbocycles. The van der Waals surface area contributed by atoms with Gasteiger partial charge in [0.25, 0.3) is 0 Å². The first-order chi connectivity index (χ1) is 16.9. The molecule has 4 heterocycles. The maximum Gasteiger partial charge on any atom is 0.160 e. The maximum atomic E-state index is 4.69. The fourth-order valence-electron chi connectivity index (χ4n) is 4.83. The molecule has 0 unspecified atom stereocenters. The van der Waals surface area contributed by atoms with Crippen molar-refractivity contribution in [1.82, 2.24) is 24.1 Å². The Morgan fingerprint density at radius 2 is 1.41 bits per heavy atom. The number of hydrogen-bond acceptors (Lipinski definition) is 3. The van der Waals surface area contributed by atoms with E-state index < -0.39 is 0 Å². The van der Waals surface area contributed by atoms with Crippen LogP contribution in [0, 0.1) is 0 Å². The maximum absolute atomic E-state index is 4.69. The largest absolute Gasteiger partial charge is 0.315 e. The van der Waals surface area contributed by atoms with Gasteiger partial charge >= 0.3 is 0 Å². The zero-order valence-electron chi connectivity index (χ0n) is 18.2. The third kappa shape index (κ3) is 2.77. The SMILES string of the molecule is c1ccc(-n2ccc3ccc4c5ccccc5n(-c5cnc(-c6cccnc6)nc5)c4c32)cc1. The number of fused-ring (bicyclic) bond motifs is 5. The Balaban J connectivity index is 1.55. The lowest BCUT2D eigenvalue weighted by Gasteiger charge is -2.11. The van der Waals surface area contributed by atoms with Gasteiger partial charge in [-0.2, -0.15) is 0 Å². The molecule has 160 valence electrons. The molecule has 0 fully saturated rings. The van der Waals surface area contributed by atoms with E-state index in [1.165, 1.54) is 16.2 Å². The van der Waals surface area contributed by atoms with Crippen molar-refractivity contribution in [3.05, 3.63) is 116 Å². The number of rotatable bonds is 3. The van der Waals surface area contributed by atoms with E-state index in [1.807, 2.05) is 30.6 Å². The van der Waals surface area contributed by atoms with Gasteiger partial charge < -0.3 is 9.13 Å². The minimum Gasteiger partial charge on any atom is -0.315 e. The van der Waals surface area contributed by atoms with E-state index in [1.54, 1.807) is 12.4 Å². The van der Waals surface area contributed by atoms with Crippen LogP contribution in [-0.4, -0.2) is 24.1 Å². The number of hydrogen-bond donors (Lipinski definition) is 0. The summed E-state index contributed by atoms with van der Waals surface area (Å²) in [5, 5.41) is 3.60. The molecule has 0 saturated heterocycles. The monoisotopic (exact) mass is 437 g/mol. The van der Waals surface area contributed by atoms with Gasteiger partial charge in [-0.05, 0) is 36.4 Å². The minimum absolute atomic E-state index is 0.662. The highest BCUT2D eigenvalue weighted by molar-refractivity contribution is 6.18. The first-order valence-corrected chi connectivity index (χ1v) is 11.2. The molecule has 5 heteroatoms. The molecule has 4 aromatic heterocycles. The average molecular weight is 438 g/mol. The van der Waals surface area contributed by atoms with Crippen molar-refractivity contribution in [1.29, 1.82) is 0 Å². The lowest BCUT2D eigenvalue weighted by atomic mass is 10.1. The van der Waals surface area contributed by atoms with Crippen LogP contribution in [0.2, 0.25) is 0 Å². The van der Waals surface area contributed by atoms with Crippen molar-refractivity contribution < 1.29 is 0 Å². The van der Waals surface area contributed by atoms with Crippen molar-refractivity contribution in [2.45, 2.75) is 0 Å². The van der Waals surface area contributed by atoms with Gasteiger partial charge in [-0.25, -0.2) is 9.97 Å². The van der Waals surface area contributed by atoms with Crippen LogP contribution in [0.4, 0.5) is 0 Å². The van der Waals surface area contributed by atoms with Gasteiger partial charge in [0.2, 0.25) is 0 Å². The summed E-state index contributed by atoms with van der Waals surface area (Å²) in [6, 6.07) is 29.4. The molecule has 0 aliphatic heterocycles. The van der Waals surface area contributed by atoms with Crippen LogP contribution in [0.3, 0.4) is 0 Å². The van der Waals surface area contributed by atoms with Crippen molar-refractivity contribution in [2.24, 2.45) is 0 Å². The van der Waals surface area contributed by atoms with E-state index in [0.717, 1.165) is 33.5 Å². The van der Waals surface area contributed by atoms with Crippen LogP contribution >= 0.6 is 0 Å². The molecular weight excluding hydrogens is 418 g/mol. The predicted octanol–water partition coefficient (Wildman–Crippen LogP) is 6.58. The standard InChI is InChI=1S/C29H19N5/c1-2-8-22(9-3-1)33-16-14-20-12-13-25-24-10-4-5-11-26(24)34(28(25)27(20)33)23-18-31-29(32-19-23)21-7-6-15-30-17-21/h1-19H. The number of pyridine rings is 1. The van der Waals surface area contributed by atoms with Crippen molar-refractivity contribution in [3.63, 3.8) is 0 Å². The highest BCUT2D eigenvalue weighted by Crippen LogP contribution is 2.37. The minimum atomic E-state index is 0.662. The van der Waals surface area contributed by atoms with E-state index >= 15 is 0 Å². The van der Waals surface area contributed by atoms with Crippen LogP contribution in [0.1, 0.15) is 0 Å². The zero-order chi connectivity index (χ0) is 22.5. The fourth-order valence-corrected chi connectivity index (χ4v) is 4.83. The third-order valence-electron chi connectivity index (χ3n) is 6.34. The highest BCUT2D eigenvalue weighted by atomic mass is 15.1. The number of para-hydroxylation sites is 2. The summed E-state index contributed by atoms with van der Waals surface area (Å²) >= 11 is 0. The van der Waals surface area contributed by atoms with E-state index in [4.69, 9.17) is 0 Å². The van der Waals surface area contributed by atoms with E-state index in [9.17, 15) is 0 Å². The third-order valence-corrected chi connectivity index (χ3v) is 6.34. The van der Waals surface area contributed by atoms with Crippen molar-refractivity contribution in [3.8, 4) is 22.8 Å². The Morgan fingerprint density at radius 1 is 0.588 bits per heavy atom. The summed E-state index contributed by atoms with van der Waals surface area (Å²) in [4.78, 5) is 13.6. The Labute approximate surface area is 195 Å². The first kappa shape index (κ1) is 18.8. The summed E-state index contributed by atoms with van der Waals surface area (Å²) in [7, 11) is 0. The summed E-state index contributed by atoms with van der Waals surface area (Å²) in [5.41, 5.74) is 6.39. The lowest BCUT2D eigenvalue weighted by Crippen LogP contribution is -2.00. The van der Waals surface area contributed by atoms with Gasteiger partial charge in [0.15, 0.2) is 5.82 Å². The van der Waals surface area contributed by atoms with E-state index in [-0.39, 0.29) is 0 Å². The van der Waals surface area contributed by atoms with Crippen LogP contribution in [0.15, 0.2) is 116 Å². The highest BCUT2D eigenvalue weighted by Gasteiger charge is 2.18. The smallest absolute Gasteiger partial charge is 0.160 e. The fraction of sp³-hybridized carbons (Fsp3) is 0. The molecule has 0 N–H and O–H groups in total. The molecule has 0 aliphatic rings. The second-order valence-corrected chi connectivity index (χ2v) is 8.28. The van der Waals surface area contributed by atoms with Gasteiger partial charge in [0.05, 0.1) is 34.6 Å². The van der Waals surface area contributed by atoms with E-state index in [0.29, 0.717) is 5.82 Å². The molecule has 0 amide bonds. The van der Waals surface area contributed by atoms with Crippen molar-refractivity contribution in [2.75, 3.05) is 0 Å². The number of aromatic nitrogens is 5. The predicted molar refractivity (Wildman–Crippen MR) is 136 cm³/mol. The summed E-state index contributed by atoms with van der Waals surface area (Å²) in [6.07, 6.45) is 9.48. The van der Waals surface area contributed by atoms with Gasteiger partial charge in [-0.3, -0.25) is 4.98 Å². The average Bonchev–Trinajstić information content (AvgIpc) is 3.49. The molecular formula is C29H19N5. The van der Waals surface area contributed by atoms with Gasteiger partial charge in [-0.15, -0.1) is 0 Å². The van der Waals surface area contributed by atoms with Gasteiger partial charge in [0, 0.05) is 46.0 Å². The molecule has 34 heavy (non-hydrogen) atoms. The lowest BCUT2D eigenvalue weighted by molar-refractivity contribution is 1.07. The Morgan fingerprint density at radius 3 is 2.24 bits per heavy atom. The summed E-state index contributed by atoms with van der Waals surface area (Å²) in [6.45, 7) is 0. The van der Waals surface area contributed by atoms with Crippen LogP contribution in [0.25, 0.3) is 55.5 Å². The second kappa shape index (κ2) is 7.39. The van der Waals surface area contributed by atoms with Crippen LogP contribution < -0.4 is 0 Å². The zero-order valence-corrected chi connectivity index (χ0v) is 18.2. The van der Waals surface area contributed by atoms with Crippen LogP contribution in [-0.2, 0) is 0 Å². The molecule has 0 bridgehead atoms. The van der Waals surface area contributed by atoms with Crippen molar-refractivity contribution >= 4 is 32.7 Å². The Bertz CT molecular complexity index is 1780. The molecule has 0 radical (unpaired) electrons. The quantitative estimate of drug-likeness (QED) is 0.314. The summed E-state index contributed by atoms with van der Waals surface area (Å²) < 4.78 is 4.54. The van der Waals surface area contributed by atoms with Gasteiger partial charge in [-0.1, -0.05) is 48.5 Å². The Kier molecular flexibility index (Phi) is 4.08. The van der Waals surface area contributed by atoms with Gasteiger partial charge in [0.1, 0.15) is 0 Å². The molecule has 5 nitrogen and oxygen atoms in total. The first-order valence-electron chi connectivity index (χ1n) is 11.2. The second-order valence-electron chi connectivity index (χ2n) is 8.28. The molecule has 7 aromatic rings. The van der Waals surface area contributed by atoms with E-state index in [2.05, 4.69) is 97.0 Å². The molecule has 7 rings (SSSR count). The number of nitrogens with zero attached hydrogens (tertiary/aromatic N) is 5. The Hall–Kier alpha value is -4.77. The molecule has 0 spiro atoms. The normalized spacial score (nSPS) is 11.5. The summed E-state index contributed by atoms with van der Waals surface area (Å²) in [5.74, 6) is 0.662. The molecule has 3 aromatic carbocycles. The number of benzene rings is 3. The van der Waals surface area contributed by atoms with Crippen LogP contribution in [0.5, 0.6) is 0 Å².